The van der Waals surface area contributed by atoms with Crippen molar-refractivity contribution in [1.29, 1.82) is 0 Å². The predicted molar refractivity (Wildman–Crippen MR) is 107 cm³/mol. The van der Waals surface area contributed by atoms with Gasteiger partial charge in [0, 0.05) is 0 Å². The lowest BCUT2D eigenvalue weighted by molar-refractivity contribution is 1.06. The Kier molecular flexibility index (Phi) is 9.56. The van der Waals surface area contributed by atoms with Crippen LogP contribution < -0.4 is 0 Å². The number of hydrogen-bond acceptors (Lipinski definition) is 0. The lowest BCUT2D eigenvalue weighted by atomic mass is 9.88. The third-order valence-electron chi connectivity index (χ3n) is 4.56. The van der Waals surface area contributed by atoms with Crippen LogP contribution in [0.2, 0.25) is 0 Å². The highest BCUT2D eigenvalue weighted by molar-refractivity contribution is 5.47. The fourth-order valence-corrected chi connectivity index (χ4v) is 2.74. The smallest absolute Gasteiger partial charge is 0.00151 e. The number of aryl methyl sites for hydroxylation is 4. The Morgan fingerprint density at radius 2 is 0.739 bits per heavy atom. The minimum absolute atomic E-state index is 1.05. The van der Waals surface area contributed by atoms with Crippen molar-refractivity contribution in [3.8, 4) is 0 Å². The highest BCUT2D eigenvalue weighted by atomic mass is 14.2. The van der Waals surface area contributed by atoms with Gasteiger partial charge in [-0.2, -0.15) is 0 Å². The standard InChI is InChI=1S/C19H24.2C2H6/c1-12-7-9-14(3)18(16(12)5)11-19-15(4)10-8-13(2)17(19)6;2*1-2/h7-10H,11H2,1-6H3;2*1-2H3. The molecule has 0 heterocycles. The van der Waals surface area contributed by atoms with Crippen molar-refractivity contribution in [1.82, 2.24) is 0 Å². The van der Waals surface area contributed by atoms with Crippen LogP contribution in [0, 0.1) is 41.5 Å². The van der Waals surface area contributed by atoms with E-state index in [0.29, 0.717) is 0 Å². The monoisotopic (exact) mass is 312 g/mol. The molecule has 0 aromatic heterocycles. The Hall–Kier alpha value is -1.56. The van der Waals surface area contributed by atoms with Gasteiger partial charge in [-0.1, -0.05) is 52.0 Å². The number of benzene rings is 2. The maximum absolute atomic E-state index is 2.25. The molecule has 0 bridgehead atoms. The van der Waals surface area contributed by atoms with Gasteiger partial charge in [-0.3, -0.25) is 0 Å². The lowest BCUT2D eigenvalue weighted by Crippen LogP contribution is -2.02. The first kappa shape index (κ1) is 21.4. The first-order chi connectivity index (χ1) is 10.9. The van der Waals surface area contributed by atoms with E-state index >= 15 is 0 Å². The Morgan fingerprint density at radius 3 is 1.04 bits per heavy atom. The summed E-state index contributed by atoms with van der Waals surface area (Å²) >= 11 is 0. The van der Waals surface area contributed by atoms with Crippen LogP contribution in [-0.4, -0.2) is 0 Å². The van der Waals surface area contributed by atoms with E-state index in [1.165, 1.54) is 44.5 Å². The van der Waals surface area contributed by atoms with Crippen molar-refractivity contribution in [2.75, 3.05) is 0 Å². The molecule has 0 unspecified atom stereocenters. The predicted octanol–water partition coefficient (Wildman–Crippen LogP) is 7.18. The molecule has 0 saturated heterocycles. The second-order valence-corrected chi connectivity index (χ2v) is 5.78. The molecule has 0 aliphatic heterocycles. The summed E-state index contributed by atoms with van der Waals surface area (Å²) in [5.74, 6) is 0. The summed E-state index contributed by atoms with van der Waals surface area (Å²) in [7, 11) is 0. The zero-order valence-electron chi connectivity index (χ0n) is 17.0. The molecule has 2 aromatic carbocycles. The van der Waals surface area contributed by atoms with Crippen molar-refractivity contribution in [2.45, 2.75) is 75.7 Å². The molecule has 23 heavy (non-hydrogen) atoms. The summed E-state index contributed by atoms with van der Waals surface area (Å²) in [6, 6.07) is 8.95. The zero-order chi connectivity index (χ0) is 18.2. The van der Waals surface area contributed by atoms with Gasteiger partial charge in [0.1, 0.15) is 0 Å². The van der Waals surface area contributed by atoms with Gasteiger partial charge < -0.3 is 0 Å². The van der Waals surface area contributed by atoms with Crippen LogP contribution in [-0.2, 0) is 6.42 Å². The molecule has 0 heteroatoms. The molecule has 0 fully saturated rings. The van der Waals surface area contributed by atoms with Crippen LogP contribution in [0.15, 0.2) is 24.3 Å². The third-order valence-corrected chi connectivity index (χ3v) is 4.56. The van der Waals surface area contributed by atoms with Gasteiger partial charge in [0.25, 0.3) is 0 Å². The van der Waals surface area contributed by atoms with E-state index < -0.39 is 0 Å². The van der Waals surface area contributed by atoms with Crippen LogP contribution >= 0.6 is 0 Å². The molecule has 0 amide bonds. The summed E-state index contributed by atoms with van der Waals surface area (Å²) < 4.78 is 0. The fraction of sp³-hybridized carbons (Fsp3) is 0.478. The Labute approximate surface area is 145 Å². The SMILES string of the molecule is CC.CC.Cc1ccc(C)c(Cc2c(C)ccc(C)c2C)c1C. The minimum Gasteiger partial charge on any atom is -0.0683 e. The highest BCUT2D eigenvalue weighted by Gasteiger charge is 2.10. The van der Waals surface area contributed by atoms with Crippen LogP contribution in [0.5, 0.6) is 0 Å². The van der Waals surface area contributed by atoms with Gasteiger partial charge in [0.05, 0.1) is 0 Å². The average Bonchev–Trinajstić information content (AvgIpc) is 2.58. The van der Waals surface area contributed by atoms with Crippen LogP contribution in [0.4, 0.5) is 0 Å². The van der Waals surface area contributed by atoms with E-state index in [9.17, 15) is 0 Å². The van der Waals surface area contributed by atoms with Crippen molar-refractivity contribution in [3.63, 3.8) is 0 Å². The second-order valence-electron chi connectivity index (χ2n) is 5.78. The van der Waals surface area contributed by atoms with Gasteiger partial charge in [-0.25, -0.2) is 0 Å². The van der Waals surface area contributed by atoms with Crippen LogP contribution in [0.3, 0.4) is 0 Å². The topological polar surface area (TPSA) is 0 Å². The molecule has 0 N–H and O–H groups in total. The molecule has 0 spiro atoms. The molecule has 128 valence electrons. The van der Waals surface area contributed by atoms with E-state index in [-0.39, 0.29) is 0 Å². The minimum atomic E-state index is 1.05. The second kappa shape index (κ2) is 10.3. The van der Waals surface area contributed by atoms with E-state index in [2.05, 4.69) is 65.8 Å². The summed E-state index contributed by atoms with van der Waals surface area (Å²) in [6.07, 6.45) is 1.05. The largest absolute Gasteiger partial charge is 0.0683 e. The molecule has 0 aliphatic carbocycles. The maximum atomic E-state index is 2.25. The number of hydrogen-bond donors (Lipinski definition) is 0. The van der Waals surface area contributed by atoms with Crippen LogP contribution in [0.1, 0.15) is 72.2 Å². The summed E-state index contributed by atoms with van der Waals surface area (Å²) in [5, 5.41) is 0. The molecule has 2 rings (SSSR count). The summed E-state index contributed by atoms with van der Waals surface area (Å²) in [6.45, 7) is 21.4. The fourth-order valence-electron chi connectivity index (χ4n) is 2.74. The van der Waals surface area contributed by atoms with E-state index in [0.717, 1.165) is 6.42 Å². The lowest BCUT2D eigenvalue weighted by Gasteiger charge is -2.17. The maximum Gasteiger partial charge on any atom is -0.00151 e. The van der Waals surface area contributed by atoms with E-state index in [1.54, 1.807) is 0 Å². The highest BCUT2D eigenvalue weighted by Crippen LogP contribution is 2.25. The Morgan fingerprint density at radius 1 is 0.478 bits per heavy atom. The van der Waals surface area contributed by atoms with Gasteiger partial charge >= 0.3 is 0 Å². The summed E-state index contributed by atoms with van der Waals surface area (Å²) in [5.41, 5.74) is 11.5. The first-order valence-corrected chi connectivity index (χ1v) is 9.03. The normalized spacial score (nSPS) is 9.48. The first-order valence-electron chi connectivity index (χ1n) is 9.03. The zero-order valence-corrected chi connectivity index (χ0v) is 17.0. The van der Waals surface area contributed by atoms with Crippen molar-refractivity contribution >= 4 is 0 Å². The molecule has 0 aliphatic rings. The van der Waals surface area contributed by atoms with E-state index in [1.807, 2.05) is 27.7 Å². The van der Waals surface area contributed by atoms with Crippen molar-refractivity contribution < 1.29 is 0 Å². The van der Waals surface area contributed by atoms with Gasteiger partial charge in [-0.15, -0.1) is 0 Å². The van der Waals surface area contributed by atoms with Crippen molar-refractivity contribution in [2.24, 2.45) is 0 Å². The molecule has 2 aromatic rings. The molecular weight excluding hydrogens is 276 g/mol. The molecule has 0 atom stereocenters. The quantitative estimate of drug-likeness (QED) is 0.551. The molecule has 0 radical (unpaired) electrons. The Balaban J connectivity index is 0.00000112. The number of rotatable bonds is 2. The summed E-state index contributed by atoms with van der Waals surface area (Å²) in [4.78, 5) is 0. The molecular formula is C23H36. The van der Waals surface area contributed by atoms with Crippen molar-refractivity contribution in [3.05, 3.63) is 68.8 Å². The van der Waals surface area contributed by atoms with Gasteiger partial charge in [0.15, 0.2) is 0 Å². The third kappa shape index (κ3) is 5.23. The van der Waals surface area contributed by atoms with E-state index in [4.69, 9.17) is 0 Å². The average molecular weight is 313 g/mol. The van der Waals surface area contributed by atoms with Crippen LogP contribution in [0.25, 0.3) is 0 Å². The Bertz CT molecular complexity index is 563. The van der Waals surface area contributed by atoms with Gasteiger partial charge in [0.2, 0.25) is 0 Å². The molecule has 0 nitrogen and oxygen atoms in total. The van der Waals surface area contributed by atoms with Gasteiger partial charge in [-0.05, 0) is 92.5 Å². The molecule has 0 saturated carbocycles.